The Hall–Kier alpha value is -2.63. The van der Waals surface area contributed by atoms with E-state index in [1.807, 2.05) is 0 Å². The number of amides is 2. The monoisotopic (exact) mass is 544 g/mol. The Bertz CT molecular complexity index is 1300. The zero-order chi connectivity index (χ0) is 26.4. The van der Waals surface area contributed by atoms with Crippen LogP contribution in [-0.4, -0.2) is 42.7 Å². The molecule has 2 bridgehead atoms. The predicted octanol–water partition coefficient (Wildman–Crippen LogP) is 3.84. The van der Waals surface area contributed by atoms with Gasteiger partial charge in [-0.25, -0.2) is 21.6 Å². The number of halogens is 4. The van der Waals surface area contributed by atoms with Gasteiger partial charge in [-0.3, -0.25) is 9.59 Å². The maximum absolute atomic E-state index is 13.6. The van der Waals surface area contributed by atoms with E-state index in [9.17, 15) is 36.3 Å². The largest absolute Gasteiger partial charge is 0.387 e. The van der Waals surface area contributed by atoms with Crippen molar-refractivity contribution in [1.29, 1.82) is 0 Å². The predicted molar refractivity (Wildman–Crippen MR) is 126 cm³/mol. The van der Waals surface area contributed by atoms with E-state index >= 15 is 0 Å². The first-order valence-electron chi connectivity index (χ1n) is 11.3. The molecule has 2 saturated carbocycles. The van der Waals surface area contributed by atoms with Gasteiger partial charge in [0.2, 0.25) is 5.91 Å². The highest BCUT2D eigenvalue weighted by molar-refractivity contribution is 7.92. The van der Waals surface area contributed by atoms with Gasteiger partial charge in [-0.1, -0.05) is 11.6 Å². The molecule has 2 aromatic carbocycles. The van der Waals surface area contributed by atoms with Gasteiger partial charge < -0.3 is 15.7 Å². The number of rotatable bonds is 6. The number of fused-ring (bicyclic) bond motifs is 2. The molecule has 194 valence electrons. The maximum atomic E-state index is 13.6. The summed E-state index contributed by atoms with van der Waals surface area (Å²) < 4.78 is 67.3. The molecule has 36 heavy (non-hydrogen) atoms. The molecular weight excluding hydrogens is 521 g/mol. The van der Waals surface area contributed by atoms with Crippen LogP contribution in [0.4, 0.5) is 18.9 Å². The van der Waals surface area contributed by atoms with Crippen LogP contribution in [0.25, 0.3) is 0 Å². The fourth-order valence-corrected chi connectivity index (χ4v) is 7.69. The Labute approximate surface area is 210 Å². The van der Waals surface area contributed by atoms with Crippen LogP contribution >= 0.6 is 11.6 Å². The van der Waals surface area contributed by atoms with Gasteiger partial charge in [0.05, 0.1) is 20.8 Å². The molecule has 3 N–H and O–H groups in total. The van der Waals surface area contributed by atoms with Crippen LogP contribution in [0, 0.1) is 29.3 Å². The molecule has 0 heterocycles. The highest BCUT2D eigenvalue weighted by atomic mass is 35.5. The first kappa shape index (κ1) is 26.4. The number of hydrogen-bond donors (Lipinski definition) is 3. The highest BCUT2D eigenvalue weighted by Crippen LogP contribution is 2.52. The van der Waals surface area contributed by atoms with Crippen LogP contribution in [0.3, 0.4) is 0 Å². The van der Waals surface area contributed by atoms with Crippen LogP contribution in [0.5, 0.6) is 0 Å². The van der Waals surface area contributed by atoms with Gasteiger partial charge in [0.1, 0.15) is 0 Å². The highest BCUT2D eigenvalue weighted by Gasteiger charge is 2.55. The molecule has 0 aromatic heterocycles. The fourth-order valence-electron chi connectivity index (χ4n) is 5.29. The Morgan fingerprint density at radius 2 is 1.67 bits per heavy atom. The molecule has 0 spiro atoms. The van der Waals surface area contributed by atoms with Crippen molar-refractivity contribution in [1.82, 2.24) is 5.32 Å². The lowest BCUT2D eigenvalue weighted by Crippen LogP contribution is -2.54. The van der Waals surface area contributed by atoms with E-state index in [0.29, 0.717) is 25.0 Å². The third-order valence-electron chi connectivity index (χ3n) is 7.17. The van der Waals surface area contributed by atoms with Crippen LogP contribution in [-0.2, 0) is 14.6 Å². The first-order valence-corrected chi connectivity index (χ1v) is 13.2. The summed E-state index contributed by atoms with van der Waals surface area (Å²) in [5.41, 5.74) is -1.68. The summed E-state index contributed by atoms with van der Waals surface area (Å²) in [6.45, 7) is 1.39. The molecule has 2 aliphatic carbocycles. The Morgan fingerprint density at radius 1 is 1.08 bits per heavy atom. The second-order valence-electron chi connectivity index (χ2n) is 9.36. The Morgan fingerprint density at radius 3 is 2.22 bits per heavy atom. The zero-order valence-corrected chi connectivity index (χ0v) is 20.7. The summed E-state index contributed by atoms with van der Waals surface area (Å²) >= 11 is 6.20. The standard InChI is InChI=1S/C24H24ClF3N2O5S/c1-12(31)29-11-24(33)14-3-4-15(24)8-17(7-14)36(34,35)21-6-13(2-5-18(21)25)23(32)30-16-9-19(26)22(28)20(27)10-16/h2,5-6,9-10,14-15,17,33H,3-4,7-8,11H2,1H3,(H,29,31)(H,30,32). The van der Waals surface area contributed by atoms with Gasteiger partial charge in [0, 0.05) is 36.9 Å². The maximum Gasteiger partial charge on any atom is 0.255 e. The second-order valence-corrected chi connectivity index (χ2v) is 12.0. The fraction of sp³-hybridized carbons (Fsp3) is 0.417. The number of carbonyl (C=O) groups excluding carboxylic acids is 2. The molecule has 0 saturated heterocycles. The van der Waals surface area contributed by atoms with Gasteiger partial charge in [0.15, 0.2) is 27.3 Å². The summed E-state index contributed by atoms with van der Waals surface area (Å²) in [5.74, 6) is -6.50. The molecule has 2 fully saturated rings. The van der Waals surface area contributed by atoms with Crippen LogP contribution in [0.1, 0.15) is 43.0 Å². The van der Waals surface area contributed by atoms with Gasteiger partial charge in [-0.05, 0) is 55.7 Å². The molecule has 2 aliphatic rings. The van der Waals surface area contributed by atoms with Crippen molar-refractivity contribution in [3.05, 3.63) is 58.4 Å². The minimum absolute atomic E-state index is 0.0470. The number of anilines is 1. The smallest absolute Gasteiger partial charge is 0.255 e. The summed E-state index contributed by atoms with van der Waals surface area (Å²) in [7, 11) is -4.03. The molecule has 4 rings (SSSR count). The molecule has 2 aromatic rings. The van der Waals surface area contributed by atoms with Crippen molar-refractivity contribution in [2.75, 3.05) is 11.9 Å². The first-order chi connectivity index (χ1) is 16.8. The number of aliphatic hydroxyl groups is 1. The third kappa shape index (κ3) is 4.83. The van der Waals surface area contributed by atoms with E-state index in [2.05, 4.69) is 10.6 Å². The van der Waals surface area contributed by atoms with Crippen molar-refractivity contribution < 1.29 is 36.3 Å². The number of benzene rings is 2. The number of hydrogen-bond acceptors (Lipinski definition) is 5. The third-order valence-corrected chi connectivity index (χ3v) is 9.83. The number of nitrogens with one attached hydrogen (secondary N) is 2. The SMILES string of the molecule is CC(=O)NCC1(O)C2CCC1CC(S(=O)(=O)c1cc(C(=O)Nc3cc(F)c(F)c(F)c3)ccc1Cl)C2. The van der Waals surface area contributed by atoms with Gasteiger partial charge in [-0.15, -0.1) is 0 Å². The average molecular weight is 545 g/mol. The lowest BCUT2D eigenvalue weighted by molar-refractivity contribution is -0.122. The van der Waals surface area contributed by atoms with E-state index in [1.165, 1.54) is 19.1 Å². The summed E-state index contributed by atoms with van der Waals surface area (Å²) in [6, 6.07) is 4.78. The molecular formula is C24H24ClF3N2O5S. The van der Waals surface area contributed by atoms with E-state index in [4.69, 9.17) is 11.6 Å². The summed E-state index contributed by atoms with van der Waals surface area (Å²) in [4.78, 5) is 23.7. The molecule has 2 unspecified atom stereocenters. The molecule has 12 heteroatoms. The average Bonchev–Trinajstić information content (AvgIpc) is 2.97. The number of carbonyl (C=O) groups is 2. The topological polar surface area (TPSA) is 113 Å². The Kier molecular flexibility index (Phi) is 7.11. The van der Waals surface area contributed by atoms with Gasteiger partial charge in [0.25, 0.3) is 5.91 Å². The molecule has 0 aliphatic heterocycles. The summed E-state index contributed by atoms with van der Waals surface area (Å²) in [6.07, 6.45) is 1.56. The molecule has 2 atom stereocenters. The van der Waals surface area contributed by atoms with E-state index < -0.39 is 44.0 Å². The van der Waals surface area contributed by atoms with Crippen LogP contribution in [0.15, 0.2) is 35.2 Å². The van der Waals surface area contributed by atoms with E-state index in [-0.39, 0.29) is 58.3 Å². The van der Waals surface area contributed by atoms with E-state index in [0.717, 1.165) is 6.07 Å². The second kappa shape index (κ2) is 9.68. The van der Waals surface area contributed by atoms with Gasteiger partial charge in [-0.2, -0.15) is 0 Å². The minimum Gasteiger partial charge on any atom is -0.387 e. The zero-order valence-electron chi connectivity index (χ0n) is 19.2. The van der Waals surface area contributed by atoms with E-state index in [1.54, 1.807) is 0 Å². The molecule has 7 nitrogen and oxygen atoms in total. The molecule has 2 amide bonds. The minimum atomic E-state index is -4.03. The van der Waals surface area contributed by atoms with Crippen molar-refractivity contribution >= 4 is 38.9 Å². The lowest BCUT2D eigenvalue weighted by atomic mass is 9.74. The van der Waals surface area contributed by atoms with Crippen molar-refractivity contribution in [3.63, 3.8) is 0 Å². The van der Waals surface area contributed by atoms with Crippen LogP contribution < -0.4 is 10.6 Å². The Balaban J connectivity index is 1.57. The van der Waals surface area contributed by atoms with Crippen molar-refractivity contribution in [2.24, 2.45) is 11.8 Å². The lowest BCUT2D eigenvalue weighted by Gasteiger charge is -2.42. The van der Waals surface area contributed by atoms with Crippen molar-refractivity contribution in [2.45, 2.75) is 48.4 Å². The number of sulfone groups is 1. The van der Waals surface area contributed by atoms with Crippen LogP contribution in [0.2, 0.25) is 5.02 Å². The normalized spacial score (nSPS) is 25.4. The molecule has 0 radical (unpaired) electrons. The quantitative estimate of drug-likeness (QED) is 0.478. The summed E-state index contributed by atoms with van der Waals surface area (Å²) in [5, 5.41) is 15.1. The van der Waals surface area contributed by atoms with Crippen molar-refractivity contribution in [3.8, 4) is 0 Å². The van der Waals surface area contributed by atoms with Gasteiger partial charge >= 0.3 is 0 Å².